The Hall–Kier alpha value is -1.99. The molecule has 1 aromatic rings. The molecule has 0 atom stereocenters. The molecule has 0 aliphatic rings. The Morgan fingerprint density at radius 3 is 2.48 bits per heavy atom. The van der Waals surface area contributed by atoms with Gasteiger partial charge in [-0.25, -0.2) is 13.6 Å². The molecule has 0 saturated carbocycles. The van der Waals surface area contributed by atoms with Crippen molar-refractivity contribution in [3.8, 4) is 5.75 Å². The molecule has 0 spiro atoms. The molecule has 0 heterocycles. The van der Waals surface area contributed by atoms with Gasteiger partial charge in [-0.3, -0.25) is 0 Å². The number of carbonyl (C=O) groups excluding carboxylic acids is 1. The summed E-state index contributed by atoms with van der Waals surface area (Å²) in [6.45, 7) is 1.98. The number of benzene rings is 1. The standard InChI is InChI=1S/C13H16F4N2O2/c1-7-4-9(8(2)10(5-7)21-3)19-12(20)18-6-13(16,17)11(14)15/h4-5,11H,6H2,1-3H3,(H2,18,19,20). The molecule has 21 heavy (non-hydrogen) atoms. The second-order valence-corrected chi connectivity index (χ2v) is 4.51. The monoisotopic (exact) mass is 308 g/mol. The molecule has 0 radical (unpaired) electrons. The summed E-state index contributed by atoms with van der Waals surface area (Å²) in [7, 11) is 1.45. The van der Waals surface area contributed by atoms with E-state index < -0.39 is 24.9 Å². The van der Waals surface area contributed by atoms with Gasteiger partial charge < -0.3 is 15.4 Å². The number of ether oxygens (including phenoxy) is 1. The minimum absolute atomic E-state index is 0.352. The molecule has 4 nitrogen and oxygen atoms in total. The lowest BCUT2D eigenvalue weighted by Crippen LogP contribution is -2.43. The van der Waals surface area contributed by atoms with E-state index in [-0.39, 0.29) is 0 Å². The maximum Gasteiger partial charge on any atom is 0.324 e. The van der Waals surface area contributed by atoms with Gasteiger partial charge in [0.05, 0.1) is 13.7 Å². The van der Waals surface area contributed by atoms with E-state index in [0.29, 0.717) is 17.0 Å². The lowest BCUT2D eigenvalue weighted by molar-refractivity contribution is -0.123. The van der Waals surface area contributed by atoms with Crippen LogP contribution in [0.5, 0.6) is 5.75 Å². The van der Waals surface area contributed by atoms with Gasteiger partial charge in [-0.1, -0.05) is 0 Å². The van der Waals surface area contributed by atoms with E-state index in [2.05, 4.69) is 5.32 Å². The number of aryl methyl sites for hydroxylation is 1. The SMILES string of the molecule is COc1cc(C)cc(NC(=O)NCC(F)(F)C(F)F)c1C. The molecule has 2 amide bonds. The zero-order valence-electron chi connectivity index (χ0n) is 11.8. The van der Waals surface area contributed by atoms with E-state index in [1.54, 1.807) is 31.3 Å². The van der Waals surface area contributed by atoms with Crippen molar-refractivity contribution < 1.29 is 27.1 Å². The minimum atomic E-state index is -4.27. The molecule has 0 saturated heterocycles. The molecule has 1 rings (SSSR count). The summed E-state index contributed by atoms with van der Waals surface area (Å²) in [5.74, 6) is -3.75. The fraction of sp³-hybridized carbons (Fsp3) is 0.462. The van der Waals surface area contributed by atoms with Crippen LogP contribution in [-0.4, -0.2) is 32.0 Å². The third kappa shape index (κ3) is 4.51. The van der Waals surface area contributed by atoms with Gasteiger partial charge in [0.25, 0.3) is 0 Å². The number of anilines is 1. The fourth-order valence-electron chi connectivity index (χ4n) is 1.61. The van der Waals surface area contributed by atoms with Crippen molar-refractivity contribution in [2.75, 3.05) is 19.0 Å². The van der Waals surface area contributed by atoms with Crippen LogP contribution in [0, 0.1) is 13.8 Å². The van der Waals surface area contributed by atoms with Gasteiger partial charge in [0.2, 0.25) is 0 Å². The van der Waals surface area contributed by atoms with Crippen molar-refractivity contribution in [2.45, 2.75) is 26.2 Å². The van der Waals surface area contributed by atoms with Crippen molar-refractivity contribution in [3.05, 3.63) is 23.3 Å². The molecule has 0 aliphatic heterocycles. The number of carbonyl (C=O) groups is 1. The van der Waals surface area contributed by atoms with Crippen molar-refractivity contribution in [1.82, 2.24) is 5.32 Å². The van der Waals surface area contributed by atoms with Gasteiger partial charge in [0.1, 0.15) is 5.75 Å². The average Bonchev–Trinajstić information content (AvgIpc) is 2.40. The molecule has 0 fully saturated rings. The third-order valence-electron chi connectivity index (χ3n) is 2.78. The van der Waals surface area contributed by atoms with E-state index in [9.17, 15) is 22.4 Å². The van der Waals surface area contributed by atoms with E-state index in [4.69, 9.17) is 4.74 Å². The van der Waals surface area contributed by atoms with E-state index in [1.807, 2.05) is 0 Å². The zero-order chi connectivity index (χ0) is 16.2. The van der Waals surface area contributed by atoms with Gasteiger partial charge in [0.15, 0.2) is 0 Å². The predicted molar refractivity (Wildman–Crippen MR) is 70.4 cm³/mol. The summed E-state index contributed by atoms with van der Waals surface area (Å²) in [5.41, 5.74) is 1.73. The second kappa shape index (κ2) is 6.64. The molecular weight excluding hydrogens is 292 g/mol. The van der Waals surface area contributed by atoms with Crippen LogP contribution < -0.4 is 15.4 Å². The number of urea groups is 1. The van der Waals surface area contributed by atoms with Crippen LogP contribution in [0.2, 0.25) is 0 Å². The third-order valence-corrected chi connectivity index (χ3v) is 2.78. The summed E-state index contributed by atoms with van der Waals surface area (Å²) < 4.78 is 54.4. The number of nitrogens with one attached hydrogen (secondary N) is 2. The van der Waals surface area contributed by atoms with Crippen LogP contribution in [0.1, 0.15) is 11.1 Å². The number of amides is 2. The van der Waals surface area contributed by atoms with Gasteiger partial charge in [-0.2, -0.15) is 8.78 Å². The molecular formula is C13H16F4N2O2. The van der Waals surface area contributed by atoms with Crippen LogP contribution in [0.25, 0.3) is 0 Å². The highest BCUT2D eigenvalue weighted by atomic mass is 19.3. The maximum atomic E-state index is 12.7. The number of methoxy groups -OCH3 is 1. The summed E-state index contributed by atoms with van der Waals surface area (Å²) in [6, 6.07) is 2.36. The predicted octanol–water partition coefficient (Wildman–Crippen LogP) is 3.33. The largest absolute Gasteiger partial charge is 0.496 e. The normalized spacial score (nSPS) is 11.4. The van der Waals surface area contributed by atoms with Crippen molar-refractivity contribution in [1.29, 1.82) is 0 Å². The highest BCUT2D eigenvalue weighted by Gasteiger charge is 2.40. The van der Waals surface area contributed by atoms with Crippen LogP contribution in [0.4, 0.5) is 28.0 Å². The number of alkyl halides is 4. The Kier molecular flexibility index (Phi) is 5.40. The Bertz CT molecular complexity index is 521. The van der Waals surface area contributed by atoms with Crippen LogP contribution in [0.15, 0.2) is 12.1 Å². The first kappa shape index (κ1) is 17.1. The molecule has 0 bridgehead atoms. The number of hydrogen-bond donors (Lipinski definition) is 2. The number of halogens is 4. The first-order chi connectivity index (χ1) is 9.67. The lowest BCUT2D eigenvalue weighted by Gasteiger charge is -2.17. The molecule has 2 N–H and O–H groups in total. The van der Waals surface area contributed by atoms with E-state index >= 15 is 0 Å². The average molecular weight is 308 g/mol. The number of hydrogen-bond acceptors (Lipinski definition) is 2. The summed E-state index contributed by atoms with van der Waals surface area (Å²) in [4.78, 5) is 11.5. The van der Waals surface area contributed by atoms with E-state index in [0.717, 1.165) is 5.56 Å². The summed E-state index contributed by atoms with van der Waals surface area (Å²) >= 11 is 0. The minimum Gasteiger partial charge on any atom is -0.496 e. The first-order valence-electron chi connectivity index (χ1n) is 6.03. The lowest BCUT2D eigenvalue weighted by atomic mass is 10.1. The smallest absolute Gasteiger partial charge is 0.324 e. The molecule has 1 aromatic carbocycles. The van der Waals surface area contributed by atoms with Gasteiger partial charge in [0, 0.05) is 11.3 Å². The topological polar surface area (TPSA) is 50.4 Å². The fourth-order valence-corrected chi connectivity index (χ4v) is 1.61. The maximum absolute atomic E-state index is 12.7. The highest BCUT2D eigenvalue weighted by Crippen LogP contribution is 2.27. The Labute approximate surface area is 119 Å². The van der Waals surface area contributed by atoms with Crippen LogP contribution >= 0.6 is 0 Å². The molecule has 8 heteroatoms. The Morgan fingerprint density at radius 1 is 1.33 bits per heavy atom. The quantitative estimate of drug-likeness (QED) is 0.820. The van der Waals surface area contributed by atoms with Gasteiger partial charge >= 0.3 is 18.4 Å². The molecule has 118 valence electrons. The molecule has 0 aromatic heterocycles. The van der Waals surface area contributed by atoms with Crippen molar-refractivity contribution in [2.24, 2.45) is 0 Å². The summed E-state index contributed by atoms with van der Waals surface area (Å²) in [5, 5.41) is 4.05. The van der Waals surface area contributed by atoms with Gasteiger partial charge in [-0.05, 0) is 31.5 Å². The zero-order valence-corrected chi connectivity index (χ0v) is 11.8. The second-order valence-electron chi connectivity index (χ2n) is 4.51. The van der Waals surface area contributed by atoms with Crippen molar-refractivity contribution >= 4 is 11.7 Å². The molecule has 0 unspecified atom stereocenters. The van der Waals surface area contributed by atoms with Gasteiger partial charge in [-0.15, -0.1) is 0 Å². The summed E-state index contributed by atoms with van der Waals surface area (Å²) in [6.07, 6.45) is -3.83. The van der Waals surface area contributed by atoms with Crippen LogP contribution in [-0.2, 0) is 0 Å². The highest BCUT2D eigenvalue weighted by molar-refractivity contribution is 5.90. The van der Waals surface area contributed by atoms with Crippen LogP contribution in [0.3, 0.4) is 0 Å². The number of rotatable bonds is 5. The molecule has 0 aliphatic carbocycles. The van der Waals surface area contributed by atoms with E-state index in [1.165, 1.54) is 7.11 Å². The Balaban J connectivity index is 2.74. The van der Waals surface area contributed by atoms with Crippen molar-refractivity contribution in [3.63, 3.8) is 0 Å². The Morgan fingerprint density at radius 2 is 1.95 bits per heavy atom. The first-order valence-corrected chi connectivity index (χ1v) is 6.03.